The van der Waals surface area contributed by atoms with E-state index in [0.717, 1.165) is 32.9 Å². The van der Waals surface area contributed by atoms with Gasteiger partial charge in [-0.05, 0) is 19.1 Å². The van der Waals surface area contributed by atoms with Crippen LogP contribution in [0.1, 0.15) is 18.1 Å². The molecule has 3 heteroatoms. The zero-order valence-corrected chi connectivity index (χ0v) is 12.2. The smallest absolute Gasteiger partial charge is 0.108 e. The van der Waals surface area contributed by atoms with Crippen LogP contribution in [0.25, 0.3) is 21.8 Å². The molecule has 2 aromatic heterocycles. The van der Waals surface area contributed by atoms with Crippen molar-refractivity contribution in [1.82, 2.24) is 9.97 Å². The van der Waals surface area contributed by atoms with Crippen molar-refractivity contribution < 1.29 is 0 Å². The van der Waals surface area contributed by atoms with E-state index in [1.165, 1.54) is 0 Å². The molecule has 0 aliphatic carbocycles. The predicted molar refractivity (Wildman–Crippen MR) is 88.7 cm³/mol. The largest absolute Gasteiger partial charge is 0.361 e. The summed E-state index contributed by atoms with van der Waals surface area (Å²) in [6.07, 6.45) is 3.91. The number of fused-ring (bicyclic) bond motifs is 2. The Morgan fingerprint density at radius 2 is 1.27 bits per heavy atom. The van der Waals surface area contributed by atoms with Crippen molar-refractivity contribution >= 4 is 21.8 Å². The molecule has 4 aromatic rings. The van der Waals surface area contributed by atoms with E-state index in [1.54, 1.807) is 0 Å². The monoisotopic (exact) mass is 285 g/mol. The number of aromatic amines is 2. The summed E-state index contributed by atoms with van der Waals surface area (Å²) >= 11 is 0. The summed E-state index contributed by atoms with van der Waals surface area (Å²) in [4.78, 5) is 6.55. The van der Waals surface area contributed by atoms with Crippen LogP contribution in [-0.2, 0) is 5.41 Å². The van der Waals surface area contributed by atoms with Crippen molar-refractivity contribution in [1.29, 1.82) is 5.26 Å². The Morgan fingerprint density at radius 3 is 1.73 bits per heavy atom. The van der Waals surface area contributed by atoms with Crippen LogP contribution in [0.4, 0.5) is 0 Å². The standard InChI is InChI=1S/C19H15N3/c1-19(12-20,15-10-21-17-8-4-2-6-13(15)17)16-11-22-18-9-5-3-7-14(16)18/h2-11,21-22H,1H3. The Morgan fingerprint density at radius 1 is 0.818 bits per heavy atom. The maximum absolute atomic E-state index is 9.97. The van der Waals surface area contributed by atoms with Crippen molar-refractivity contribution in [3.05, 3.63) is 72.1 Å². The Balaban J connectivity index is 2.03. The van der Waals surface area contributed by atoms with Gasteiger partial charge in [0.15, 0.2) is 0 Å². The molecule has 0 atom stereocenters. The van der Waals surface area contributed by atoms with Crippen LogP contribution in [0.15, 0.2) is 60.9 Å². The van der Waals surface area contributed by atoms with Gasteiger partial charge in [0.1, 0.15) is 5.41 Å². The summed E-state index contributed by atoms with van der Waals surface area (Å²) < 4.78 is 0. The highest BCUT2D eigenvalue weighted by atomic mass is 14.7. The summed E-state index contributed by atoms with van der Waals surface area (Å²) in [7, 11) is 0. The molecule has 0 fully saturated rings. The van der Waals surface area contributed by atoms with Gasteiger partial charge in [-0.2, -0.15) is 5.26 Å². The molecule has 22 heavy (non-hydrogen) atoms. The number of hydrogen-bond acceptors (Lipinski definition) is 1. The van der Waals surface area contributed by atoms with Crippen molar-refractivity contribution in [2.45, 2.75) is 12.3 Å². The third-order valence-electron chi connectivity index (χ3n) is 4.48. The molecular weight excluding hydrogens is 270 g/mol. The molecule has 0 amide bonds. The Bertz CT molecular complexity index is 940. The average molecular weight is 285 g/mol. The first-order chi connectivity index (χ1) is 10.7. The lowest BCUT2D eigenvalue weighted by Crippen LogP contribution is -2.20. The van der Waals surface area contributed by atoms with Crippen LogP contribution in [-0.4, -0.2) is 9.97 Å². The molecule has 0 saturated heterocycles. The van der Waals surface area contributed by atoms with Crippen molar-refractivity contribution in [2.75, 3.05) is 0 Å². The van der Waals surface area contributed by atoms with Gasteiger partial charge in [-0.15, -0.1) is 0 Å². The van der Waals surface area contributed by atoms with E-state index in [1.807, 2.05) is 55.7 Å². The number of aromatic nitrogens is 2. The second kappa shape index (κ2) is 4.51. The van der Waals surface area contributed by atoms with Gasteiger partial charge in [-0.3, -0.25) is 0 Å². The number of nitrogens with zero attached hydrogens (tertiary/aromatic N) is 1. The maximum Gasteiger partial charge on any atom is 0.108 e. The summed E-state index contributed by atoms with van der Waals surface area (Å²) in [5.41, 5.74) is 3.42. The van der Waals surface area contributed by atoms with Crippen LogP contribution >= 0.6 is 0 Å². The normalized spacial score (nSPS) is 11.8. The molecule has 0 radical (unpaired) electrons. The molecular formula is C19H15N3. The SMILES string of the molecule is CC(C#N)(c1c[nH]c2ccccc12)c1c[nH]c2ccccc12. The molecule has 106 valence electrons. The molecule has 4 rings (SSSR count). The van der Waals surface area contributed by atoms with Crippen LogP contribution < -0.4 is 0 Å². The van der Waals surface area contributed by atoms with Crippen molar-refractivity contribution in [3.63, 3.8) is 0 Å². The quantitative estimate of drug-likeness (QED) is 0.560. The second-order valence-corrected chi connectivity index (χ2v) is 5.73. The minimum absolute atomic E-state index is 0.709. The molecule has 0 aliphatic heterocycles. The second-order valence-electron chi connectivity index (χ2n) is 5.73. The number of para-hydroxylation sites is 2. The molecule has 2 N–H and O–H groups in total. The number of rotatable bonds is 2. The highest BCUT2D eigenvalue weighted by Crippen LogP contribution is 2.39. The van der Waals surface area contributed by atoms with Gasteiger partial charge < -0.3 is 9.97 Å². The zero-order chi connectivity index (χ0) is 15.2. The summed E-state index contributed by atoms with van der Waals surface area (Å²) in [5.74, 6) is 0. The van der Waals surface area contributed by atoms with E-state index in [2.05, 4.69) is 28.2 Å². The maximum atomic E-state index is 9.97. The molecule has 2 heterocycles. The lowest BCUT2D eigenvalue weighted by atomic mass is 9.77. The van der Waals surface area contributed by atoms with Gasteiger partial charge in [0.25, 0.3) is 0 Å². The van der Waals surface area contributed by atoms with Crippen LogP contribution in [0, 0.1) is 11.3 Å². The van der Waals surface area contributed by atoms with Crippen molar-refractivity contribution in [3.8, 4) is 6.07 Å². The lowest BCUT2D eigenvalue weighted by Gasteiger charge is -2.21. The summed E-state index contributed by atoms with van der Waals surface area (Å²) in [6, 6.07) is 18.7. The van der Waals surface area contributed by atoms with E-state index >= 15 is 0 Å². The van der Waals surface area contributed by atoms with Gasteiger partial charge in [-0.1, -0.05) is 36.4 Å². The molecule has 3 nitrogen and oxygen atoms in total. The lowest BCUT2D eigenvalue weighted by molar-refractivity contribution is 0.755. The van der Waals surface area contributed by atoms with Crippen LogP contribution in [0.2, 0.25) is 0 Å². The van der Waals surface area contributed by atoms with E-state index in [4.69, 9.17) is 0 Å². The highest BCUT2D eigenvalue weighted by molar-refractivity contribution is 5.90. The van der Waals surface area contributed by atoms with Gasteiger partial charge in [0.05, 0.1) is 6.07 Å². The third-order valence-corrected chi connectivity index (χ3v) is 4.48. The van der Waals surface area contributed by atoms with Crippen LogP contribution in [0.5, 0.6) is 0 Å². The number of nitriles is 1. The van der Waals surface area contributed by atoms with E-state index < -0.39 is 5.41 Å². The minimum atomic E-state index is -0.709. The molecule has 0 saturated carbocycles. The number of nitrogens with one attached hydrogen (secondary N) is 2. The minimum Gasteiger partial charge on any atom is -0.361 e. The topological polar surface area (TPSA) is 55.4 Å². The van der Waals surface area contributed by atoms with Crippen molar-refractivity contribution in [2.24, 2.45) is 0 Å². The molecule has 0 unspecified atom stereocenters. The van der Waals surface area contributed by atoms with E-state index in [-0.39, 0.29) is 0 Å². The Hall–Kier alpha value is -2.99. The zero-order valence-electron chi connectivity index (χ0n) is 12.2. The third kappa shape index (κ3) is 1.61. The highest BCUT2D eigenvalue weighted by Gasteiger charge is 2.33. The van der Waals surface area contributed by atoms with Gasteiger partial charge in [0, 0.05) is 45.3 Å². The fourth-order valence-electron chi connectivity index (χ4n) is 3.24. The number of hydrogen-bond donors (Lipinski definition) is 2. The molecule has 0 spiro atoms. The van der Waals surface area contributed by atoms with E-state index in [0.29, 0.717) is 0 Å². The fraction of sp³-hybridized carbons (Fsp3) is 0.105. The van der Waals surface area contributed by atoms with Crippen LogP contribution in [0.3, 0.4) is 0 Å². The summed E-state index contributed by atoms with van der Waals surface area (Å²) in [6.45, 7) is 1.98. The number of benzene rings is 2. The summed E-state index contributed by atoms with van der Waals surface area (Å²) in [5, 5.41) is 12.2. The first-order valence-corrected chi connectivity index (χ1v) is 7.28. The molecule has 2 aromatic carbocycles. The van der Waals surface area contributed by atoms with E-state index in [9.17, 15) is 5.26 Å². The Kier molecular flexibility index (Phi) is 2.61. The predicted octanol–water partition coefficient (Wildman–Crippen LogP) is 4.48. The molecule has 0 bridgehead atoms. The Labute approximate surface area is 128 Å². The first kappa shape index (κ1) is 12.7. The van der Waals surface area contributed by atoms with Gasteiger partial charge in [-0.25, -0.2) is 0 Å². The van der Waals surface area contributed by atoms with Gasteiger partial charge >= 0.3 is 0 Å². The number of H-pyrrole nitrogens is 2. The average Bonchev–Trinajstić information content (AvgIpc) is 3.19. The first-order valence-electron chi connectivity index (χ1n) is 7.28. The van der Waals surface area contributed by atoms with Gasteiger partial charge in [0.2, 0.25) is 0 Å². The fourth-order valence-corrected chi connectivity index (χ4v) is 3.24. The molecule has 0 aliphatic rings.